The van der Waals surface area contributed by atoms with Crippen LogP contribution in [0.5, 0.6) is 11.5 Å². The largest absolute Gasteiger partial charge is 0.457 e. The van der Waals surface area contributed by atoms with Gasteiger partial charge in [0.15, 0.2) is 0 Å². The Morgan fingerprint density at radius 1 is 0.761 bits per heavy atom. The van der Waals surface area contributed by atoms with E-state index in [2.05, 4.69) is 66.0 Å². The van der Waals surface area contributed by atoms with Gasteiger partial charge < -0.3 is 4.74 Å². The molecule has 3 heterocycles. The highest BCUT2D eigenvalue weighted by Crippen LogP contribution is 2.37. The number of aromatic nitrogens is 4. The van der Waals surface area contributed by atoms with E-state index in [9.17, 15) is 8.78 Å². The lowest BCUT2D eigenvalue weighted by atomic mass is 9.90. The Labute approximate surface area is 266 Å². The predicted molar refractivity (Wildman–Crippen MR) is 181 cm³/mol. The third kappa shape index (κ3) is 5.11. The third-order valence-electron chi connectivity index (χ3n) is 8.76. The molecular formula is C39H34F2N4O. The normalized spacial score (nSPS) is 11.6. The molecule has 0 fully saturated rings. The number of para-hydroxylation sites is 1. The summed E-state index contributed by atoms with van der Waals surface area (Å²) >= 11 is 0. The van der Waals surface area contributed by atoms with Crippen molar-refractivity contribution in [3.05, 3.63) is 131 Å². The van der Waals surface area contributed by atoms with E-state index in [0.717, 1.165) is 44.4 Å². The first kappa shape index (κ1) is 29.4. The number of rotatable bonds is 8. The van der Waals surface area contributed by atoms with Gasteiger partial charge in [0.1, 0.15) is 30.7 Å². The fraction of sp³-hybridized carbons (Fsp3) is 0.179. The van der Waals surface area contributed by atoms with Crippen LogP contribution in [0.3, 0.4) is 0 Å². The molecule has 0 saturated heterocycles. The lowest BCUT2D eigenvalue weighted by Crippen LogP contribution is -2.00. The van der Waals surface area contributed by atoms with E-state index in [4.69, 9.17) is 9.72 Å². The SMILES string of the molecule is Cc1cc(C)c(CF)c(-c2cnn(-c3cccc(Oc4ccc5c6ccccc6n(-c6cc(C(C)C)ccn6)c5c4)c3)c2)c1CF. The molecule has 0 radical (unpaired) electrons. The smallest absolute Gasteiger partial charge is 0.137 e. The molecule has 230 valence electrons. The summed E-state index contributed by atoms with van der Waals surface area (Å²) in [6.07, 6.45) is 5.35. The monoisotopic (exact) mass is 612 g/mol. The summed E-state index contributed by atoms with van der Waals surface area (Å²) in [4.78, 5) is 4.75. The number of benzene rings is 4. The first-order valence-corrected chi connectivity index (χ1v) is 15.4. The van der Waals surface area contributed by atoms with Gasteiger partial charge in [-0.2, -0.15) is 5.10 Å². The van der Waals surface area contributed by atoms with Crippen molar-refractivity contribution in [2.75, 3.05) is 0 Å². The highest BCUT2D eigenvalue weighted by Gasteiger charge is 2.19. The predicted octanol–water partition coefficient (Wildman–Crippen LogP) is 10.5. The maximum atomic E-state index is 14.1. The molecule has 4 aromatic carbocycles. The number of hydrogen-bond donors (Lipinski definition) is 0. The van der Waals surface area contributed by atoms with Gasteiger partial charge in [-0.15, -0.1) is 0 Å². The van der Waals surface area contributed by atoms with Crippen LogP contribution in [0.4, 0.5) is 8.78 Å². The summed E-state index contributed by atoms with van der Waals surface area (Å²) < 4.78 is 38.6. The Bertz CT molecular complexity index is 2200. The van der Waals surface area contributed by atoms with Gasteiger partial charge in [-0.1, -0.05) is 44.2 Å². The first-order valence-electron chi connectivity index (χ1n) is 15.4. The van der Waals surface area contributed by atoms with Gasteiger partial charge in [-0.05, 0) is 95.6 Å². The highest BCUT2D eigenvalue weighted by molar-refractivity contribution is 6.09. The molecule has 0 saturated carbocycles. The average Bonchev–Trinajstić information content (AvgIpc) is 3.68. The number of halogens is 2. The van der Waals surface area contributed by atoms with E-state index in [1.165, 1.54) is 5.56 Å². The Balaban J connectivity index is 1.26. The minimum Gasteiger partial charge on any atom is -0.457 e. The molecule has 3 aromatic heterocycles. The molecule has 7 aromatic rings. The summed E-state index contributed by atoms with van der Waals surface area (Å²) in [6, 6.07) is 28.1. The minimum absolute atomic E-state index is 0.379. The number of hydrogen-bond acceptors (Lipinski definition) is 3. The zero-order valence-corrected chi connectivity index (χ0v) is 26.3. The molecule has 0 atom stereocenters. The Morgan fingerprint density at radius 2 is 1.50 bits per heavy atom. The fourth-order valence-electron chi connectivity index (χ4n) is 6.36. The number of alkyl halides is 2. The van der Waals surface area contributed by atoms with Crippen LogP contribution in [-0.4, -0.2) is 19.3 Å². The maximum Gasteiger partial charge on any atom is 0.137 e. The molecule has 0 spiro atoms. The van der Waals surface area contributed by atoms with E-state index in [-0.39, 0.29) is 0 Å². The molecule has 0 unspecified atom stereocenters. The lowest BCUT2D eigenvalue weighted by Gasteiger charge is -2.15. The van der Waals surface area contributed by atoms with Crippen LogP contribution in [0.2, 0.25) is 0 Å². The number of fused-ring (bicyclic) bond motifs is 3. The lowest BCUT2D eigenvalue weighted by molar-refractivity contribution is 0.474. The molecule has 0 aliphatic rings. The topological polar surface area (TPSA) is 44.9 Å². The van der Waals surface area contributed by atoms with Crippen LogP contribution >= 0.6 is 0 Å². The van der Waals surface area contributed by atoms with Gasteiger partial charge in [0.25, 0.3) is 0 Å². The number of aryl methyl sites for hydroxylation is 2. The van der Waals surface area contributed by atoms with Gasteiger partial charge in [-0.3, -0.25) is 4.57 Å². The van der Waals surface area contributed by atoms with Crippen LogP contribution in [0, 0.1) is 13.8 Å². The molecule has 5 nitrogen and oxygen atoms in total. The zero-order chi connectivity index (χ0) is 31.9. The molecule has 7 heteroatoms. The van der Waals surface area contributed by atoms with Gasteiger partial charge in [0.2, 0.25) is 0 Å². The second-order valence-electron chi connectivity index (χ2n) is 12.0. The average molecular weight is 613 g/mol. The standard InChI is InChI=1S/C39H34F2N4O/c1-24(2)27-14-15-42-38(17-27)45-36-11-6-5-10-32(36)33-13-12-31(19-37(33)45)46-30-9-7-8-29(18-30)44-23-28(22-43-44)39-34(20-40)25(3)16-26(4)35(39)21-41/h5-19,22-24H,20-21H2,1-4H3. The van der Waals surface area contributed by atoms with Crippen LogP contribution in [-0.2, 0) is 13.3 Å². The Morgan fingerprint density at radius 3 is 2.26 bits per heavy atom. The second-order valence-corrected chi connectivity index (χ2v) is 12.0. The molecule has 0 amide bonds. The highest BCUT2D eigenvalue weighted by atomic mass is 19.1. The van der Waals surface area contributed by atoms with Crippen molar-refractivity contribution in [3.8, 4) is 34.1 Å². The van der Waals surface area contributed by atoms with Crippen LogP contribution in [0.15, 0.2) is 104 Å². The van der Waals surface area contributed by atoms with E-state index >= 15 is 0 Å². The van der Waals surface area contributed by atoms with Gasteiger partial charge >= 0.3 is 0 Å². The number of pyridine rings is 1. The van der Waals surface area contributed by atoms with Gasteiger partial charge in [0.05, 0.1) is 22.9 Å². The van der Waals surface area contributed by atoms with Crippen molar-refractivity contribution in [1.82, 2.24) is 19.3 Å². The molecular weight excluding hydrogens is 578 g/mol. The summed E-state index contributed by atoms with van der Waals surface area (Å²) in [5.74, 6) is 2.56. The van der Waals surface area contributed by atoms with Crippen LogP contribution < -0.4 is 4.74 Å². The molecule has 0 aliphatic heterocycles. The molecule has 0 N–H and O–H groups in total. The van der Waals surface area contributed by atoms with Crippen molar-refractivity contribution >= 4 is 21.8 Å². The van der Waals surface area contributed by atoms with Crippen molar-refractivity contribution in [1.29, 1.82) is 0 Å². The summed E-state index contributed by atoms with van der Waals surface area (Å²) in [7, 11) is 0. The molecule has 46 heavy (non-hydrogen) atoms. The Hall–Kier alpha value is -5.30. The van der Waals surface area contributed by atoms with E-state index in [0.29, 0.717) is 39.7 Å². The quantitative estimate of drug-likeness (QED) is 0.172. The van der Waals surface area contributed by atoms with Crippen molar-refractivity contribution < 1.29 is 13.5 Å². The maximum absolute atomic E-state index is 14.1. The van der Waals surface area contributed by atoms with E-state index < -0.39 is 13.3 Å². The number of nitrogens with zero attached hydrogens (tertiary/aromatic N) is 4. The fourth-order valence-corrected chi connectivity index (χ4v) is 6.36. The van der Waals surface area contributed by atoms with Crippen molar-refractivity contribution in [2.45, 2.75) is 47.0 Å². The summed E-state index contributed by atoms with van der Waals surface area (Å²) in [5, 5.41) is 6.82. The minimum atomic E-state index is -0.675. The Kier molecular flexibility index (Phi) is 7.61. The van der Waals surface area contributed by atoms with Crippen molar-refractivity contribution in [3.63, 3.8) is 0 Å². The summed E-state index contributed by atoms with van der Waals surface area (Å²) in [5.41, 5.74) is 7.91. The third-order valence-corrected chi connectivity index (χ3v) is 8.76. The van der Waals surface area contributed by atoms with Crippen LogP contribution in [0.25, 0.3) is 44.4 Å². The van der Waals surface area contributed by atoms with E-state index in [1.807, 2.05) is 68.7 Å². The molecule has 7 rings (SSSR count). The van der Waals surface area contributed by atoms with Crippen molar-refractivity contribution in [2.24, 2.45) is 0 Å². The molecule has 0 bridgehead atoms. The van der Waals surface area contributed by atoms with Gasteiger partial charge in [-0.25, -0.2) is 18.4 Å². The van der Waals surface area contributed by atoms with E-state index in [1.54, 1.807) is 10.9 Å². The van der Waals surface area contributed by atoms with Crippen LogP contribution in [0.1, 0.15) is 47.6 Å². The summed E-state index contributed by atoms with van der Waals surface area (Å²) in [6.45, 7) is 6.73. The van der Waals surface area contributed by atoms with Gasteiger partial charge in [0, 0.05) is 40.9 Å². The first-order chi connectivity index (χ1) is 22.4. The number of ether oxygens (including phenoxy) is 1. The zero-order valence-electron chi connectivity index (χ0n) is 26.3. The second kappa shape index (κ2) is 11.9. The molecule has 0 aliphatic carbocycles.